The Bertz CT molecular complexity index is 95.0. The number of halogens is 1. The van der Waals surface area contributed by atoms with E-state index < -0.39 is 0 Å². The number of rotatable bonds is 3. The molecule has 1 rings (SSSR count). The highest BCUT2D eigenvalue weighted by Gasteiger charge is 2.15. The Balaban J connectivity index is 2.07. The lowest BCUT2D eigenvalue weighted by molar-refractivity contribution is 0.231. The van der Waals surface area contributed by atoms with E-state index >= 15 is 0 Å². The maximum absolute atomic E-state index is 3.66. The molecule has 0 aromatic heterocycles. The molecule has 1 nitrogen and oxygen atoms in total. The van der Waals surface area contributed by atoms with E-state index in [2.05, 4.69) is 27.8 Å². The fourth-order valence-electron chi connectivity index (χ4n) is 1.51. The summed E-state index contributed by atoms with van der Waals surface area (Å²) in [6.45, 7) is 6.18. The SMILES string of the molecule is CCCCN1CCC(Br)CC1. The predicted octanol–water partition coefficient (Wildman–Crippen LogP) is 2.65. The molecular weight excluding hydrogens is 202 g/mol. The van der Waals surface area contributed by atoms with Crippen LogP contribution in [0.3, 0.4) is 0 Å². The molecular formula is C9H18BrN. The van der Waals surface area contributed by atoms with Crippen molar-refractivity contribution in [1.29, 1.82) is 0 Å². The smallest absolute Gasteiger partial charge is 0.0170 e. The van der Waals surface area contributed by atoms with Gasteiger partial charge >= 0.3 is 0 Å². The zero-order valence-electron chi connectivity index (χ0n) is 7.35. The Hall–Kier alpha value is 0.440. The van der Waals surface area contributed by atoms with Crippen molar-refractivity contribution in [3.63, 3.8) is 0 Å². The molecule has 0 bridgehead atoms. The van der Waals surface area contributed by atoms with Gasteiger partial charge in [0.25, 0.3) is 0 Å². The summed E-state index contributed by atoms with van der Waals surface area (Å²) in [5.74, 6) is 0. The summed E-state index contributed by atoms with van der Waals surface area (Å²) in [6, 6.07) is 0. The van der Waals surface area contributed by atoms with Gasteiger partial charge in [-0.2, -0.15) is 0 Å². The van der Waals surface area contributed by atoms with Crippen molar-refractivity contribution >= 4 is 15.9 Å². The van der Waals surface area contributed by atoms with Crippen LogP contribution < -0.4 is 0 Å². The van der Waals surface area contributed by atoms with Crippen molar-refractivity contribution in [2.75, 3.05) is 19.6 Å². The van der Waals surface area contributed by atoms with Crippen LogP contribution in [0, 0.1) is 0 Å². The van der Waals surface area contributed by atoms with Gasteiger partial charge < -0.3 is 4.90 Å². The zero-order valence-corrected chi connectivity index (χ0v) is 8.94. The first kappa shape index (κ1) is 9.53. The average molecular weight is 220 g/mol. The van der Waals surface area contributed by atoms with Crippen LogP contribution in [0.5, 0.6) is 0 Å². The van der Waals surface area contributed by atoms with Crippen LogP contribution in [-0.4, -0.2) is 29.4 Å². The minimum Gasteiger partial charge on any atom is -0.303 e. The van der Waals surface area contributed by atoms with Crippen molar-refractivity contribution < 1.29 is 0 Å². The van der Waals surface area contributed by atoms with Gasteiger partial charge in [0.1, 0.15) is 0 Å². The third-order valence-corrected chi connectivity index (χ3v) is 3.26. The number of nitrogens with zero attached hydrogens (tertiary/aromatic N) is 1. The van der Waals surface area contributed by atoms with Crippen LogP contribution in [0.15, 0.2) is 0 Å². The second-order valence-electron chi connectivity index (χ2n) is 3.37. The van der Waals surface area contributed by atoms with Crippen LogP contribution in [0.4, 0.5) is 0 Å². The fourth-order valence-corrected chi connectivity index (χ4v) is 1.92. The molecule has 1 heterocycles. The third-order valence-electron chi connectivity index (χ3n) is 2.35. The summed E-state index contributed by atoms with van der Waals surface area (Å²) in [5, 5.41) is 0. The fraction of sp³-hybridized carbons (Fsp3) is 1.00. The molecule has 66 valence electrons. The lowest BCUT2D eigenvalue weighted by atomic mass is 10.1. The molecule has 1 fully saturated rings. The van der Waals surface area contributed by atoms with Gasteiger partial charge in [-0.25, -0.2) is 0 Å². The molecule has 0 unspecified atom stereocenters. The Kier molecular flexibility index (Phi) is 4.46. The number of hydrogen-bond acceptors (Lipinski definition) is 1. The van der Waals surface area contributed by atoms with Crippen LogP contribution in [0.25, 0.3) is 0 Å². The Morgan fingerprint density at radius 1 is 1.36 bits per heavy atom. The number of likely N-dealkylation sites (tertiary alicyclic amines) is 1. The van der Waals surface area contributed by atoms with Crippen LogP contribution in [0.1, 0.15) is 32.6 Å². The topological polar surface area (TPSA) is 3.24 Å². The second kappa shape index (κ2) is 5.15. The van der Waals surface area contributed by atoms with Crippen molar-refractivity contribution in [3.8, 4) is 0 Å². The lowest BCUT2D eigenvalue weighted by Gasteiger charge is -2.29. The third kappa shape index (κ3) is 3.57. The highest BCUT2D eigenvalue weighted by atomic mass is 79.9. The zero-order chi connectivity index (χ0) is 8.10. The minimum atomic E-state index is 0.792. The molecule has 0 aliphatic carbocycles. The Morgan fingerprint density at radius 2 is 2.00 bits per heavy atom. The van der Waals surface area contributed by atoms with Crippen LogP contribution in [0.2, 0.25) is 0 Å². The van der Waals surface area contributed by atoms with Gasteiger partial charge in [-0.05, 0) is 38.9 Å². The van der Waals surface area contributed by atoms with E-state index in [-0.39, 0.29) is 0 Å². The van der Waals surface area contributed by atoms with E-state index in [0.717, 1.165) is 4.83 Å². The first-order chi connectivity index (χ1) is 5.33. The summed E-state index contributed by atoms with van der Waals surface area (Å²) in [4.78, 5) is 3.38. The largest absolute Gasteiger partial charge is 0.303 e. The molecule has 0 aromatic rings. The highest BCUT2D eigenvalue weighted by Crippen LogP contribution is 2.17. The number of alkyl halides is 1. The molecule has 1 aliphatic rings. The van der Waals surface area contributed by atoms with Gasteiger partial charge in [-0.3, -0.25) is 0 Å². The van der Waals surface area contributed by atoms with Crippen molar-refractivity contribution in [2.24, 2.45) is 0 Å². The normalized spacial score (nSPS) is 22.4. The molecule has 0 radical (unpaired) electrons. The summed E-state index contributed by atoms with van der Waals surface area (Å²) in [7, 11) is 0. The van der Waals surface area contributed by atoms with Gasteiger partial charge in [0.15, 0.2) is 0 Å². The molecule has 11 heavy (non-hydrogen) atoms. The standard InChI is InChI=1S/C9H18BrN/c1-2-3-6-11-7-4-9(10)5-8-11/h9H,2-8H2,1H3. The van der Waals surface area contributed by atoms with E-state index in [1.165, 1.54) is 45.3 Å². The first-order valence-electron chi connectivity index (χ1n) is 4.69. The second-order valence-corrected chi connectivity index (χ2v) is 4.66. The summed E-state index contributed by atoms with van der Waals surface area (Å²) < 4.78 is 0. The van der Waals surface area contributed by atoms with Gasteiger partial charge in [0.05, 0.1) is 0 Å². The van der Waals surface area contributed by atoms with Gasteiger partial charge in [-0.15, -0.1) is 0 Å². The summed E-state index contributed by atoms with van der Waals surface area (Å²) in [5.41, 5.74) is 0. The molecule has 0 N–H and O–H groups in total. The number of unbranched alkanes of at least 4 members (excludes halogenated alkanes) is 1. The summed E-state index contributed by atoms with van der Waals surface area (Å²) in [6.07, 6.45) is 5.37. The molecule has 2 heteroatoms. The number of hydrogen-bond donors (Lipinski definition) is 0. The highest BCUT2D eigenvalue weighted by molar-refractivity contribution is 9.09. The van der Waals surface area contributed by atoms with Crippen molar-refractivity contribution in [3.05, 3.63) is 0 Å². The molecule has 0 saturated carbocycles. The molecule has 0 spiro atoms. The van der Waals surface area contributed by atoms with E-state index in [4.69, 9.17) is 0 Å². The van der Waals surface area contributed by atoms with E-state index in [0.29, 0.717) is 0 Å². The van der Waals surface area contributed by atoms with E-state index in [1.54, 1.807) is 0 Å². The quantitative estimate of drug-likeness (QED) is 0.661. The average Bonchev–Trinajstić information content (AvgIpc) is 2.04. The first-order valence-corrected chi connectivity index (χ1v) is 5.61. The van der Waals surface area contributed by atoms with Gasteiger partial charge in [-0.1, -0.05) is 29.3 Å². The van der Waals surface area contributed by atoms with Gasteiger partial charge in [0.2, 0.25) is 0 Å². The van der Waals surface area contributed by atoms with Crippen LogP contribution >= 0.6 is 15.9 Å². The van der Waals surface area contributed by atoms with Gasteiger partial charge in [0, 0.05) is 4.83 Å². The maximum Gasteiger partial charge on any atom is 0.0170 e. The molecule has 0 aromatic carbocycles. The molecule has 0 amide bonds. The lowest BCUT2D eigenvalue weighted by Crippen LogP contribution is -2.34. The molecule has 0 atom stereocenters. The molecule has 1 aliphatic heterocycles. The van der Waals surface area contributed by atoms with Crippen LogP contribution in [-0.2, 0) is 0 Å². The molecule has 1 saturated heterocycles. The summed E-state index contributed by atoms with van der Waals surface area (Å²) >= 11 is 3.66. The minimum absolute atomic E-state index is 0.792. The van der Waals surface area contributed by atoms with Crippen molar-refractivity contribution in [2.45, 2.75) is 37.4 Å². The predicted molar refractivity (Wildman–Crippen MR) is 53.3 cm³/mol. The maximum atomic E-state index is 3.66. The Labute approximate surface area is 78.3 Å². The van der Waals surface area contributed by atoms with E-state index in [1.807, 2.05) is 0 Å². The van der Waals surface area contributed by atoms with E-state index in [9.17, 15) is 0 Å². The van der Waals surface area contributed by atoms with Crippen molar-refractivity contribution in [1.82, 2.24) is 4.90 Å². The number of piperidine rings is 1. The monoisotopic (exact) mass is 219 g/mol. The Morgan fingerprint density at radius 3 is 2.55 bits per heavy atom.